The van der Waals surface area contributed by atoms with Crippen molar-refractivity contribution in [3.8, 4) is 0 Å². The average molecular weight is 1030 g/mol. The molecule has 3 aliphatic heterocycles. The van der Waals surface area contributed by atoms with E-state index in [0.717, 1.165) is 44.9 Å². The van der Waals surface area contributed by atoms with Crippen LogP contribution in [-0.4, -0.2) is 193 Å². The van der Waals surface area contributed by atoms with E-state index < -0.39 is 124 Å². The van der Waals surface area contributed by atoms with Gasteiger partial charge in [-0.3, -0.25) is 4.79 Å². The van der Waals surface area contributed by atoms with Gasteiger partial charge >= 0.3 is 0 Å². The number of rotatable bonds is 38. The third-order valence-corrected chi connectivity index (χ3v) is 13.7. The number of aliphatic hydroxyl groups is 11. The van der Waals surface area contributed by atoms with Gasteiger partial charge in [0.15, 0.2) is 18.9 Å². The lowest BCUT2D eigenvalue weighted by Gasteiger charge is -2.48. The fourth-order valence-corrected chi connectivity index (χ4v) is 9.10. The van der Waals surface area contributed by atoms with E-state index in [0.29, 0.717) is 12.8 Å². The Kier molecular flexibility index (Phi) is 33.7. The van der Waals surface area contributed by atoms with Crippen molar-refractivity contribution in [3.05, 3.63) is 36.5 Å². The van der Waals surface area contributed by atoms with Crippen molar-refractivity contribution >= 4 is 5.91 Å². The minimum absolute atomic E-state index is 0.234. The minimum atomic E-state index is -1.98. The van der Waals surface area contributed by atoms with E-state index in [1.165, 1.54) is 83.5 Å². The summed E-state index contributed by atoms with van der Waals surface area (Å²) in [7, 11) is 0. The largest absolute Gasteiger partial charge is 0.394 e. The van der Waals surface area contributed by atoms with E-state index in [2.05, 4.69) is 43.5 Å². The first-order valence-corrected chi connectivity index (χ1v) is 27.2. The first-order valence-electron chi connectivity index (χ1n) is 27.2. The highest BCUT2D eigenvalue weighted by Gasteiger charge is 2.53. The number of allylic oxidation sites excluding steroid dienone is 5. The molecule has 1 amide bonds. The molecule has 72 heavy (non-hydrogen) atoms. The fraction of sp³-hybridized carbons (Fsp3) is 0.868. The topological polar surface area (TPSA) is 307 Å². The van der Waals surface area contributed by atoms with Crippen molar-refractivity contribution < 1.29 is 89.4 Å². The van der Waals surface area contributed by atoms with E-state index in [9.17, 15) is 61.0 Å². The van der Waals surface area contributed by atoms with Crippen LogP contribution in [0.4, 0.5) is 0 Å². The van der Waals surface area contributed by atoms with Gasteiger partial charge in [0.1, 0.15) is 73.2 Å². The standard InChI is InChI=1S/C53H95NO18/c1-3-5-7-9-11-13-15-17-18-19-20-22-24-26-28-30-37(58)36(54-41(59)31-29-27-25-23-21-16-14-12-10-8-6-4-2)35-67-51-47(65)44(62)49(39(33-56)69-51)72-53-48(66)45(63)50(40(34-57)70-53)71-52-46(64)43(61)42(60)38(32-55)68-52/h15,17,20,22,28,30,36-40,42-53,55-58,60-66H,3-14,16,18-19,21,23-27,29,31-35H2,1-2H3,(H,54,59)/b17-15+,22-20+,30-28+. The molecule has 19 heteroatoms. The van der Waals surface area contributed by atoms with Gasteiger partial charge in [0.2, 0.25) is 5.91 Å². The molecule has 12 N–H and O–H groups in total. The maximum atomic E-state index is 13.2. The molecule has 0 aliphatic carbocycles. The van der Waals surface area contributed by atoms with Crippen molar-refractivity contribution in [1.29, 1.82) is 0 Å². The van der Waals surface area contributed by atoms with Crippen LogP contribution in [0.1, 0.15) is 162 Å². The lowest BCUT2D eigenvalue weighted by Crippen LogP contribution is -2.66. The molecule has 3 aliphatic rings. The highest BCUT2D eigenvalue weighted by molar-refractivity contribution is 5.76. The molecule has 0 bridgehead atoms. The maximum absolute atomic E-state index is 13.2. The van der Waals surface area contributed by atoms with Gasteiger partial charge in [0.25, 0.3) is 0 Å². The summed E-state index contributed by atoms with van der Waals surface area (Å²) < 4.78 is 34.1. The van der Waals surface area contributed by atoms with E-state index in [1.54, 1.807) is 6.08 Å². The van der Waals surface area contributed by atoms with Crippen molar-refractivity contribution in [3.63, 3.8) is 0 Å². The molecule has 3 saturated heterocycles. The Morgan fingerprint density at radius 3 is 1.39 bits per heavy atom. The summed E-state index contributed by atoms with van der Waals surface area (Å²) in [5, 5.41) is 120. The third kappa shape index (κ3) is 22.7. The average Bonchev–Trinajstić information content (AvgIpc) is 3.37. The van der Waals surface area contributed by atoms with Gasteiger partial charge in [-0.15, -0.1) is 0 Å². The summed E-state index contributed by atoms with van der Waals surface area (Å²) in [5.74, 6) is -0.293. The normalized spacial score (nSPS) is 32.3. The lowest BCUT2D eigenvalue weighted by atomic mass is 9.96. The van der Waals surface area contributed by atoms with Crippen LogP contribution in [0.2, 0.25) is 0 Å². The molecule has 0 radical (unpaired) electrons. The van der Waals surface area contributed by atoms with Gasteiger partial charge in [-0.25, -0.2) is 0 Å². The third-order valence-electron chi connectivity index (χ3n) is 13.7. The number of hydrogen-bond donors (Lipinski definition) is 12. The van der Waals surface area contributed by atoms with Crippen LogP contribution in [0, 0.1) is 0 Å². The van der Waals surface area contributed by atoms with Crippen molar-refractivity contribution in [1.82, 2.24) is 5.32 Å². The first kappa shape index (κ1) is 64.3. The Hall–Kier alpha value is -1.99. The number of nitrogens with one attached hydrogen (secondary N) is 1. The molecule has 0 saturated carbocycles. The van der Waals surface area contributed by atoms with Gasteiger partial charge in [0, 0.05) is 6.42 Å². The second-order valence-corrected chi connectivity index (χ2v) is 19.7. The van der Waals surface area contributed by atoms with E-state index >= 15 is 0 Å². The molecule has 3 heterocycles. The summed E-state index contributed by atoms with van der Waals surface area (Å²) >= 11 is 0. The second-order valence-electron chi connectivity index (χ2n) is 19.7. The van der Waals surface area contributed by atoms with Crippen LogP contribution in [0.25, 0.3) is 0 Å². The van der Waals surface area contributed by atoms with Crippen molar-refractivity contribution in [2.24, 2.45) is 0 Å². The summed E-state index contributed by atoms with van der Waals surface area (Å²) in [6.07, 6.45) is 9.99. The van der Waals surface area contributed by atoms with Crippen LogP contribution in [0.15, 0.2) is 36.5 Å². The van der Waals surface area contributed by atoms with Gasteiger partial charge in [-0.2, -0.15) is 0 Å². The smallest absolute Gasteiger partial charge is 0.220 e. The van der Waals surface area contributed by atoms with Gasteiger partial charge in [-0.1, -0.05) is 147 Å². The number of carbonyl (C=O) groups is 1. The SMILES string of the molecule is CCCCCCC/C=C/CC/C=C/CC/C=C/C(O)C(COC1OC(CO)C(OC2OC(CO)C(OC3OC(CO)C(O)C(O)C3O)C(O)C2O)C(O)C1O)NC(=O)CCCCCCCCCCCCCC. The molecule has 0 aromatic rings. The Morgan fingerprint density at radius 2 is 0.889 bits per heavy atom. The predicted molar refractivity (Wildman–Crippen MR) is 268 cm³/mol. The van der Waals surface area contributed by atoms with Crippen molar-refractivity contribution in [2.75, 3.05) is 26.4 Å². The van der Waals surface area contributed by atoms with Crippen LogP contribution in [0.5, 0.6) is 0 Å². The molecule has 0 spiro atoms. The Morgan fingerprint density at radius 1 is 0.486 bits per heavy atom. The number of aliphatic hydroxyl groups excluding tert-OH is 11. The molecule has 19 nitrogen and oxygen atoms in total. The zero-order valence-electron chi connectivity index (χ0n) is 43.1. The van der Waals surface area contributed by atoms with Gasteiger partial charge in [-0.05, 0) is 44.9 Å². The highest BCUT2D eigenvalue weighted by atomic mass is 16.8. The van der Waals surface area contributed by atoms with Crippen LogP contribution in [-0.2, 0) is 33.2 Å². The maximum Gasteiger partial charge on any atom is 0.220 e. The lowest BCUT2D eigenvalue weighted by molar-refractivity contribution is -0.379. The first-order chi connectivity index (χ1) is 34.8. The summed E-state index contributed by atoms with van der Waals surface area (Å²) in [4.78, 5) is 13.2. The molecule has 420 valence electrons. The Bertz CT molecular complexity index is 1470. The van der Waals surface area contributed by atoms with Gasteiger partial charge in [0.05, 0.1) is 38.6 Å². The van der Waals surface area contributed by atoms with Crippen LogP contribution in [0.3, 0.4) is 0 Å². The van der Waals surface area contributed by atoms with E-state index in [4.69, 9.17) is 28.4 Å². The fourth-order valence-electron chi connectivity index (χ4n) is 9.10. The van der Waals surface area contributed by atoms with Gasteiger partial charge < -0.3 is 89.9 Å². The number of amides is 1. The zero-order chi connectivity index (χ0) is 52.7. The molecule has 17 atom stereocenters. The zero-order valence-corrected chi connectivity index (χ0v) is 43.1. The molecule has 0 aromatic carbocycles. The molecule has 3 rings (SSSR count). The summed E-state index contributed by atoms with van der Waals surface area (Å²) in [6.45, 7) is 1.64. The Labute approximate surface area is 428 Å². The van der Waals surface area contributed by atoms with Crippen molar-refractivity contribution in [2.45, 2.75) is 266 Å². The van der Waals surface area contributed by atoms with Crippen LogP contribution >= 0.6 is 0 Å². The predicted octanol–water partition coefficient (Wildman–Crippen LogP) is 2.98. The summed E-state index contributed by atoms with van der Waals surface area (Å²) in [5.41, 5.74) is 0. The molecular formula is C53H95NO18. The quantitative estimate of drug-likeness (QED) is 0.0313. The number of unbranched alkanes of at least 4 members (excludes halogenated alkanes) is 18. The Balaban J connectivity index is 1.57. The van der Waals surface area contributed by atoms with E-state index in [-0.39, 0.29) is 18.9 Å². The van der Waals surface area contributed by atoms with E-state index in [1.807, 2.05) is 6.08 Å². The molecule has 0 aromatic heterocycles. The minimum Gasteiger partial charge on any atom is -0.394 e. The van der Waals surface area contributed by atoms with Crippen LogP contribution < -0.4 is 5.32 Å². The molecule has 3 fully saturated rings. The number of carbonyl (C=O) groups excluding carboxylic acids is 1. The highest BCUT2D eigenvalue weighted by Crippen LogP contribution is 2.33. The molecular weight excluding hydrogens is 939 g/mol. The number of ether oxygens (including phenoxy) is 6. The second kappa shape index (κ2) is 37.7. The number of hydrogen-bond acceptors (Lipinski definition) is 18. The monoisotopic (exact) mass is 1030 g/mol. The molecule has 17 unspecified atom stereocenters. The summed E-state index contributed by atoms with van der Waals surface area (Å²) in [6, 6.07) is -0.990.